The van der Waals surface area contributed by atoms with E-state index in [1.165, 1.54) is 12.1 Å². The van der Waals surface area contributed by atoms with Crippen LogP contribution in [0.5, 0.6) is 0 Å². The molecule has 0 aliphatic carbocycles. The highest BCUT2D eigenvalue weighted by Crippen LogP contribution is 2.29. The fourth-order valence-corrected chi connectivity index (χ4v) is 2.16. The number of carbonyl (C=O) groups is 1. The highest BCUT2D eigenvalue weighted by Gasteiger charge is 2.13. The molecule has 0 heterocycles. The molecule has 1 amide bonds. The van der Waals surface area contributed by atoms with Crippen LogP contribution in [-0.2, 0) is 0 Å². The predicted octanol–water partition coefficient (Wildman–Crippen LogP) is 3.04. The van der Waals surface area contributed by atoms with E-state index in [4.69, 9.17) is 28.9 Å². The molecule has 4 N–H and O–H groups in total. The van der Waals surface area contributed by atoms with Gasteiger partial charge in [-0.25, -0.2) is 0 Å². The Morgan fingerprint density at radius 1 is 1.24 bits per heavy atom. The summed E-state index contributed by atoms with van der Waals surface area (Å²) < 4.78 is 0. The van der Waals surface area contributed by atoms with Gasteiger partial charge >= 0.3 is 0 Å². The van der Waals surface area contributed by atoms with Crippen LogP contribution in [0, 0.1) is 0 Å². The van der Waals surface area contributed by atoms with Gasteiger partial charge in [0.25, 0.3) is 5.91 Å². The van der Waals surface area contributed by atoms with Crippen molar-refractivity contribution in [2.24, 2.45) is 0 Å². The molecule has 0 saturated heterocycles. The SMILES string of the molecule is Nc1cc(C(=O)NCC(O)c2ccccc2)cc(Cl)c1Cl. The predicted molar refractivity (Wildman–Crippen MR) is 84.6 cm³/mol. The normalized spacial score (nSPS) is 12.0. The minimum Gasteiger partial charge on any atom is -0.397 e. The Kier molecular flexibility index (Phi) is 5.07. The molecule has 21 heavy (non-hydrogen) atoms. The summed E-state index contributed by atoms with van der Waals surface area (Å²) in [6, 6.07) is 11.9. The fraction of sp³-hybridized carbons (Fsp3) is 0.133. The van der Waals surface area contributed by atoms with Crippen LogP contribution < -0.4 is 11.1 Å². The number of halogens is 2. The zero-order valence-corrected chi connectivity index (χ0v) is 12.5. The molecular formula is C15H14Cl2N2O2. The van der Waals surface area contributed by atoms with Crippen molar-refractivity contribution in [1.82, 2.24) is 5.32 Å². The van der Waals surface area contributed by atoms with Gasteiger partial charge in [-0.05, 0) is 17.7 Å². The summed E-state index contributed by atoms with van der Waals surface area (Å²) >= 11 is 11.7. The number of aliphatic hydroxyl groups is 1. The average Bonchev–Trinajstić information content (AvgIpc) is 2.50. The Morgan fingerprint density at radius 3 is 2.52 bits per heavy atom. The smallest absolute Gasteiger partial charge is 0.251 e. The molecule has 6 heteroatoms. The third kappa shape index (κ3) is 3.88. The first-order valence-corrected chi connectivity index (χ1v) is 7.00. The second-order valence-electron chi connectivity index (χ2n) is 4.50. The number of nitrogens with one attached hydrogen (secondary N) is 1. The quantitative estimate of drug-likeness (QED) is 0.756. The van der Waals surface area contributed by atoms with Crippen molar-refractivity contribution in [3.8, 4) is 0 Å². The molecule has 0 aromatic heterocycles. The molecule has 0 saturated carbocycles. The van der Waals surface area contributed by atoms with Crippen LogP contribution in [0.4, 0.5) is 5.69 Å². The van der Waals surface area contributed by atoms with E-state index in [-0.39, 0.29) is 28.2 Å². The summed E-state index contributed by atoms with van der Waals surface area (Å²) in [6.45, 7) is 0.0863. The van der Waals surface area contributed by atoms with Crippen molar-refractivity contribution in [2.75, 3.05) is 12.3 Å². The molecule has 2 aromatic rings. The van der Waals surface area contributed by atoms with E-state index >= 15 is 0 Å². The molecule has 0 spiro atoms. The van der Waals surface area contributed by atoms with E-state index in [0.717, 1.165) is 5.56 Å². The number of aliphatic hydroxyl groups excluding tert-OH is 1. The lowest BCUT2D eigenvalue weighted by atomic mass is 10.1. The molecule has 1 unspecified atom stereocenters. The molecular weight excluding hydrogens is 311 g/mol. The zero-order valence-electron chi connectivity index (χ0n) is 11.0. The molecule has 0 radical (unpaired) electrons. The van der Waals surface area contributed by atoms with Crippen LogP contribution in [0.1, 0.15) is 22.0 Å². The van der Waals surface area contributed by atoms with E-state index in [1.807, 2.05) is 18.2 Å². The van der Waals surface area contributed by atoms with Gasteiger partial charge in [-0.15, -0.1) is 0 Å². The van der Waals surface area contributed by atoms with Crippen molar-refractivity contribution in [2.45, 2.75) is 6.10 Å². The molecule has 110 valence electrons. The molecule has 0 fully saturated rings. The number of anilines is 1. The topological polar surface area (TPSA) is 75.4 Å². The lowest BCUT2D eigenvalue weighted by Crippen LogP contribution is -2.28. The van der Waals surface area contributed by atoms with E-state index in [1.54, 1.807) is 12.1 Å². The van der Waals surface area contributed by atoms with Gasteiger partial charge < -0.3 is 16.2 Å². The number of hydrogen-bond donors (Lipinski definition) is 3. The fourth-order valence-electron chi connectivity index (χ4n) is 1.83. The highest BCUT2D eigenvalue weighted by atomic mass is 35.5. The van der Waals surface area contributed by atoms with Crippen LogP contribution in [0.15, 0.2) is 42.5 Å². The minimum atomic E-state index is -0.782. The summed E-state index contributed by atoms with van der Waals surface area (Å²) in [7, 11) is 0. The number of benzene rings is 2. The summed E-state index contributed by atoms with van der Waals surface area (Å²) in [6.07, 6.45) is -0.782. The largest absolute Gasteiger partial charge is 0.397 e. The van der Waals surface area contributed by atoms with Crippen molar-refractivity contribution in [1.29, 1.82) is 0 Å². The standard InChI is InChI=1S/C15H14Cl2N2O2/c16-11-6-10(7-12(18)14(11)17)15(21)19-8-13(20)9-4-2-1-3-5-9/h1-7,13,20H,8,18H2,(H,19,21). The Hall–Kier alpha value is -1.75. The van der Waals surface area contributed by atoms with E-state index in [9.17, 15) is 9.90 Å². The molecule has 0 aliphatic rings. The van der Waals surface area contributed by atoms with Crippen LogP contribution in [0.2, 0.25) is 10.0 Å². The third-order valence-corrected chi connectivity index (χ3v) is 3.78. The van der Waals surface area contributed by atoms with Gasteiger partial charge in [-0.1, -0.05) is 53.5 Å². The number of hydrogen-bond acceptors (Lipinski definition) is 3. The summed E-state index contributed by atoms with van der Waals surface area (Å²) in [4.78, 5) is 12.0. The highest BCUT2D eigenvalue weighted by molar-refractivity contribution is 6.43. The Labute approximate surface area is 132 Å². The second kappa shape index (κ2) is 6.80. The van der Waals surface area contributed by atoms with Crippen molar-refractivity contribution < 1.29 is 9.90 Å². The lowest BCUT2D eigenvalue weighted by Gasteiger charge is -2.13. The maximum Gasteiger partial charge on any atom is 0.251 e. The number of amides is 1. The van der Waals surface area contributed by atoms with Gasteiger partial charge in [0.1, 0.15) is 0 Å². The Balaban J connectivity index is 2.02. The number of carbonyl (C=O) groups excluding carboxylic acids is 1. The van der Waals surface area contributed by atoms with E-state index in [0.29, 0.717) is 5.56 Å². The minimum absolute atomic E-state index is 0.0863. The van der Waals surface area contributed by atoms with Gasteiger partial charge in [0, 0.05) is 12.1 Å². The molecule has 0 bridgehead atoms. The van der Waals surface area contributed by atoms with Crippen LogP contribution in [0.3, 0.4) is 0 Å². The van der Waals surface area contributed by atoms with E-state index in [2.05, 4.69) is 5.32 Å². The number of rotatable bonds is 4. The van der Waals surface area contributed by atoms with Gasteiger partial charge in [-0.3, -0.25) is 4.79 Å². The molecule has 2 rings (SSSR count). The summed E-state index contributed by atoms with van der Waals surface area (Å²) in [5.74, 6) is -0.379. The zero-order chi connectivity index (χ0) is 15.4. The van der Waals surface area contributed by atoms with Gasteiger partial charge in [-0.2, -0.15) is 0 Å². The first kappa shape index (κ1) is 15.6. The number of nitrogens with two attached hydrogens (primary N) is 1. The first-order valence-electron chi connectivity index (χ1n) is 6.24. The van der Waals surface area contributed by atoms with Crippen molar-refractivity contribution >= 4 is 34.8 Å². The van der Waals surface area contributed by atoms with Crippen molar-refractivity contribution in [3.05, 3.63) is 63.6 Å². The first-order chi connectivity index (χ1) is 9.99. The summed E-state index contributed by atoms with van der Waals surface area (Å²) in [5.41, 5.74) is 6.92. The average molecular weight is 325 g/mol. The van der Waals surface area contributed by atoms with Gasteiger partial charge in [0.05, 0.1) is 21.8 Å². The molecule has 0 aliphatic heterocycles. The maximum absolute atomic E-state index is 12.0. The van der Waals surface area contributed by atoms with Gasteiger partial charge in [0.2, 0.25) is 0 Å². The monoisotopic (exact) mass is 324 g/mol. The Bertz CT molecular complexity index is 624. The Morgan fingerprint density at radius 2 is 1.90 bits per heavy atom. The van der Waals surface area contributed by atoms with Crippen molar-refractivity contribution in [3.63, 3.8) is 0 Å². The van der Waals surface area contributed by atoms with Crippen LogP contribution in [-0.4, -0.2) is 17.6 Å². The maximum atomic E-state index is 12.0. The summed E-state index contributed by atoms with van der Waals surface area (Å²) in [5, 5.41) is 13.0. The van der Waals surface area contributed by atoms with Crippen LogP contribution >= 0.6 is 23.2 Å². The van der Waals surface area contributed by atoms with E-state index < -0.39 is 6.10 Å². The van der Waals surface area contributed by atoms with Gasteiger partial charge in [0.15, 0.2) is 0 Å². The van der Waals surface area contributed by atoms with Crippen LogP contribution in [0.25, 0.3) is 0 Å². The molecule has 2 aromatic carbocycles. The number of nitrogen functional groups attached to an aromatic ring is 1. The molecule has 4 nitrogen and oxygen atoms in total. The lowest BCUT2D eigenvalue weighted by molar-refractivity contribution is 0.0916. The third-order valence-electron chi connectivity index (χ3n) is 2.96. The second-order valence-corrected chi connectivity index (χ2v) is 5.28. The molecule has 1 atom stereocenters.